The third-order valence-electron chi connectivity index (χ3n) is 3.78. The molecule has 0 radical (unpaired) electrons. The predicted octanol–water partition coefficient (Wildman–Crippen LogP) is 5.26. The van der Waals surface area contributed by atoms with Crippen LogP contribution in [-0.2, 0) is 0 Å². The van der Waals surface area contributed by atoms with Crippen molar-refractivity contribution in [3.05, 3.63) is 65.9 Å². The summed E-state index contributed by atoms with van der Waals surface area (Å²) in [6, 6.07) is 16.7. The van der Waals surface area contributed by atoms with Crippen molar-refractivity contribution in [3.8, 4) is 11.3 Å². The molecule has 2 heteroatoms. The highest BCUT2D eigenvalue weighted by atomic mass is 16.3. The van der Waals surface area contributed by atoms with E-state index < -0.39 is 0 Å². The summed E-state index contributed by atoms with van der Waals surface area (Å²) in [5, 5.41) is 2.26. The van der Waals surface area contributed by atoms with Gasteiger partial charge in [-0.25, -0.2) is 0 Å². The Balaban J connectivity index is 1.99. The summed E-state index contributed by atoms with van der Waals surface area (Å²) in [5.74, 6) is 0. The van der Waals surface area contributed by atoms with E-state index in [-0.39, 0.29) is 0 Å². The number of nitrogens with zero attached hydrogens (tertiary/aromatic N) is 1. The fourth-order valence-electron chi connectivity index (χ4n) is 2.91. The molecule has 0 aliphatic rings. The van der Waals surface area contributed by atoms with Crippen LogP contribution >= 0.6 is 0 Å². The average Bonchev–Trinajstić information content (AvgIpc) is 2.84. The molecule has 0 unspecified atom stereocenters. The second-order valence-corrected chi connectivity index (χ2v) is 5.54. The normalized spacial score (nSPS) is 11.3. The fourth-order valence-corrected chi connectivity index (χ4v) is 2.91. The maximum Gasteiger partial charge on any atom is 0.153 e. The van der Waals surface area contributed by atoms with Gasteiger partial charge in [0, 0.05) is 16.3 Å². The van der Waals surface area contributed by atoms with Crippen molar-refractivity contribution >= 4 is 21.9 Å². The van der Waals surface area contributed by atoms with Crippen molar-refractivity contribution in [3.63, 3.8) is 0 Å². The number of rotatable bonds is 1. The van der Waals surface area contributed by atoms with E-state index in [2.05, 4.69) is 49.2 Å². The van der Waals surface area contributed by atoms with E-state index in [0.29, 0.717) is 0 Å². The number of hydrogen-bond acceptors (Lipinski definition) is 2. The Bertz CT molecular complexity index is 946. The van der Waals surface area contributed by atoms with Crippen molar-refractivity contribution in [2.45, 2.75) is 13.8 Å². The molecule has 0 aliphatic carbocycles. The first kappa shape index (κ1) is 12.2. The molecule has 0 amide bonds. The van der Waals surface area contributed by atoms with Crippen LogP contribution in [0.1, 0.15) is 11.1 Å². The Hall–Kier alpha value is -2.61. The van der Waals surface area contributed by atoms with Gasteiger partial charge in [0.2, 0.25) is 0 Å². The SMILES string of the molecule is Cc1cc(C)cc(-c2cc3c(cn2)oc2ccccc23)c1. The van der Waals surface area contributed by atoms with E-state index in [1.807, 2.05) is 24.4 Å². The summed E-state index contributed by atoms with van der Waals surface area (Å²) < 4.78 is 5.83. The molecule has 2 heterocycles. The predicted molar refractivity (Wildman–Crippen MR) is 86.4 cm³/mol. The lowest BCUT2D eigenvalue weighted by Crippen LogP contribution is -1.86. The van der Waals surface area contributed by atoms with Gasteiger partial charge in [0.1, 0.15) is 5.58 Å². The van der Waals surface area contributed by atoms with Gasteiger partial charge >= 0.3 is 0 Å². The Morgan fingerprint density at radius 1 is 0.810 bits per heavy atom. The van der Waals surface area contributed by atoms with E-state index in [1.54, 1.807) is 0 Å². The number of aromatic nitrogens is 1. The number of furan rings is 1. The minimum atomic E-state index is 0.837. The van der Waals surface area contributed by atoms with E-state index >= 15 is 0 Å². The zero-order valence-electron chi connectivity index (χ0n) is 12.1. The lowest BCUT2D eigenvalue weighted by molar-refractivity contribution is 0.667. The number of hydrogen-bond donors (Lipinski definition) is 0. The highest BCUT2D eigenvalue weighted by Crippen LogP contribution is 2.31. The molecule has 4 rings (SSSR count). The Morgan fingerprint density at radius 2 is 1.57 bits per heavy atom. The van der Waals surface area contributed by atoms with Crippen LogP contribution in [0, 0.1) is 13.8 Å². The van der Waals surface area contributed by atoms with Crippen LogP contribution in [-0.4, -0.2) is 4.98 Å². The fraction of sp³-hybridized carbons (Fsp3) is 0.105. The Labute approximate surface area is 123 Å². The second kappa shape index (κ2) is 4.45. The number of benzene rings is 2. The van der Waals surface area contributed by atoms with Crippen molar-refractivity contribution in [2.75, 3.05) is 0 Å². The molecule has 0 bridgehead atoms. The third kappa shape index (κ3) is 2.00. The van der Waals surface area contributed by atoms with Gasteiger partial charge in [0.15, 0.2) is 5.58 Å². The van der Waals surface area contributed by atoms with Crippen LogP contribution in [0.25, 0.3) is 33.2 Å². The smallest absolute Gasteiger partial charge is 0.153 e. The van der Waals surface area contributed by atoms with Crippen LogP contribution in [0.5, 0.6) is 0 Å². The van der Waals surface area contributed by atoms with E-state index in [9.17, 15) is 0 Å². The van der Waals surface area contributed by atoms with Crippen molar-refractivity contribution < 1.29 is 4.42 Å². The Morgan fingerprint density at radius 3 is 2.38 bits per heavy atom. The summed E-state index contributed by atoms with van der Waals surface area (Å²) in [6.45, 7) is 4.23. The second-order valence-electron chi connectivity index (χ2n) is 5.54. The van der Waals surface area contributed by atoms with Crippen LogP contribution in [0.3, 0.4) is 0 Å². The van der Waals surface area contributed by atoms with Gasteiger partial charge in [0.25, 0.3) is 0 Å². The van der Waals surface area contributed by atoms with Gasteiger partial charge < -0.3 is 4.42 Å². The van der Waals surface area contributed by atoms with Crippen LogP contribution < -0.4 is 0 Å². The molecule has 0 aliphatic heterocycles. The molecule has 2 aromatic heterocycles. The minimum Gasteiger partial charge on any atom is -0.454 e. The first-order valence-electron chi connectivity index (χ1n) is 7.07. The van der Waals surface area contributed by atoms with Gasteiger partial charge in [-0.3, -0.25) is 4.98 Å². The molecule has 0 N–H and O–H groups in total. The largest absolute Gasteiger partial charge is 0.454 e. The quantitative estimate of drug-likeness (QED) is 0.472. The summed E-state index contributed by atoms with van der Waals surface area (Å²) in [4.78, 5) is 4.56. The summed E-state index contributed by atoms with van der Waals surface area (Å²) in [5.41, 5.74) is 6.39. The zero-order chi connectivity index (χ0) is 14.4. The molecule has 0 saturated carbocycles. The van der Waals surface area contributed by atoms with E-state index in [1.165, 1.54) is 11.1 Å². The summed E-state index contributed by atoms with van der Waals surface area (Å²) in [6.07, 6.45) is 1.82. The minimum absolute atomic E-state index is 0.837. The molecule has 21 heavy (non-hydrogen) atoms. The van der Waals surface area contributed by atoms with Gasteiger partial charge in [-0.1, -0.05) is 35.4 Å². The molecule has 102 valence electrons. The molecule has 2 nitrogen and oxygen atoms in total. The molecule has 0 fully saturated rings. The molecular weight excluding hydrogens is 258 g/mol. The monoisotopic (exact) mass is 273 g/mol. The topological polar surface area (TPSA) is 26.0 Å². The molecule has 0 spiro atoms. The Kier molecular flexibility index (Phi) is 2.58. The highest BCUT2D eigenvalue weighted by Gasteiger charge is 2.09. The van der Waals surface area contributed by atoms with E-state index in [4.69, 9.17) is 4.42 Å². The lowest BCUT2D eigenvalue weighted by atomic mass is 10.0. The molecule has 2 aromatic carbocycles. The van der Waals surface area contributed by atoms with Gasteiger partial charge in [0.05, 0.1) is 11.9 Å². The molecule has 0 atom stereocenters. The van der Waals surface area contributed by atoms with Crippen molar-refractivity contribution in [2.24, 2.45) is 0 Å². The van der Waals surface area contributed by atoms with Crippen molar-refractivity contribution in [1.29, 1.82) is 0 Å². The highest BCUT2D eigenvalue weighted by molar-refractivity contribution is 6.05. The van der Waals surface area contributed by atoms with Gasteiger partial charge in [-0.2, -0.15) is 0 Å². The summed E-state index contributed by atoms with van der Waals surface area (Å²) in [7, 11) is 0. The number of para-hydroxylation sites is 1. The molecule has 0 saturated heterocycles. The van der Waals surface area contributed by atoms with Crippen LogP contribution in [0.2, 0.25) is 0 Å². The van der Waals surface area contributed by atoms with E-state index in [0.717, 1.165) is 33.2 Å². The first-order valence-corrected chi connectivity index (χ1v) is 7.07. The summed E-state index contributed by atoms with van der Waals surface area (Å²) >= 11 is 0. The van der Waals surface area contributed by atoms with Crippen LogP contribution in [0.15, 0.2) is 59.1 Å². The van der Waals surface area contributed by atoms with Crippen LogP contribution in [0.4, 0.5) is 0 Å². The molecular formula is C19H15NO. The number of pyridine rings is 1. The lowest BCUT2D eigenvalue weighted by Gasteiger charge is -2.04. The maximum atomic E-state index is 5.83. The molecule has 4 aromatic rings. The standard InChI is InChI=1S/C19H15NO/c1-12-7-13(2)9-14(8-12)17-10-16-15-5-3-4-6-18(15)21-19(16)11-20-17/h3-11H,1-2H3. The third-order valence-corrected chi connectivity index (χ3v) is 3.78. The zero-order valence-corrected chi connectivity index (χ0v) is 12.1. The number of fused-ring (bicyclic) bond motifs is 3. The first-order chi connectivity index (χ1) is 10.2. The number of aryl methyl sites for hydroxylation is 2. The maximum absolute atomic E-state index is 5.83. The average molecular weight is 273 g/mol. The van der Waals surface area contributed by atoms with Crippen molar-refractivity contribution in [1.82, 2.24) is 4.98 Å². The van der Waals surface area contributed by atoms with Gasteiger partial charge in [-0.05, 0) is 38.1 Å². The van der Waals surface area contributed by atoms with Gasteiger partial charge in [-0.15, -0.1) is 0 Å².